The molecule has 1 aromatic carbocycles. The van der Waals surface area contributed by atoms with Gasteiger partial charge in [0.05, 0.1) is 12.3 Å². The van der Waals surface area contributed by atoms with Gasteiger partial charge in [0.1, 0.15) is 11.8 Å². The Hall–Kier alpha value is -2.71. The van der Waals surface area contributed by atoms with Crippen molar-refractivity contribution >= 4 is 17.5 Å². The van der Waals surface area contributed by atoms with Crippen molar-refractivity contribution in [1.82, 2.24) is 14.8 Å². The number of amides is 1. The quantitative estimate of drug-likeness (QED) is 0.866. The van der Waals surface area contributed by atoms with Gasteiger partial charge in [0, 0.05) is 6.04 Å². The van der Waals surface area contributed by atoms with E-state index in [-0.39, 0.29) is 24.2 Å². The van der Waals surface area contributed by atoms with Crippen molar-refractivity contribution in [3.05, 3.63) is 30.1 Å². The summed E-state index contributed by atoms with van der Waals surface area (Å²) >= 11 is 0. The number of anilines is 2. The minimum Gasteiger partial charge on any atom is -0.492 e. The second-order valence-corrected chi connectivity index (χ2v) is 5.77. The summed E-state index contributed by atoms with van der Waals surface area (Å²) in [5, 5.41) is 9.60. The summed E-state index contributed by atoms with van der Waals surface area (Å²) in [4.78, 5) is 16.5. The number of benzene rings is 1. The van der Waals surface area contributed by atoms with Crippen LogP contribution in [0.15, 0.2) is 24.3 Å². The first-order valence-corrected chi connectivity index (χ1v) is 8.04. The van der Waals surface area contributed by atoms with Gasteiger partial charge in [0.25, 0.3) is 12.3 Å². The van der Waals surface area contributed by atoms with Gasteiger partial charge >= 0.3 is 0 Å². The van der Waals surface area contributed by atoms with E-state index in [1.807, 2.05) is 6.92 Å². The van der Waals surface area contributed by atoms with Crippen molar-refractivity contribution in [2.24, 2.45) is 0 Å². The van der Waals surface area contributed by atoms with Crippen LogP contribution in [-0.4, -0.2) is 39.7 Å². The molecule has 0 aliphatic carbocycles. The van der Waals surface area contributed by atoms with Gasteiger partial charge in [-0.1, -0.05) is 12.1 Å². The Morgan fingerprint density at radius 2 is 2.24 bits per heavy atom. The molecule has 1 aliphatic heterocycles. The highest BCUT2D eigenvalue weighted by Crippen LogP contribution is 2.30. The number of para-hydroxylation sites is 2. The number of alkyl halides is 2. The monoisotopic (exact) mass is 351 g/mol. The minimum absolute atomic E-state index is 0.173. The predicted molar refractivity (Wildman–Crippen MR) is 88.3 cm³/mol. The molecule has 7 nitrogen and oxygen atoms in total. The number of hydrogen-bond donors (Lipinski definition) is 2. The zero-order chi connectivity index (χ0) is 18.0. The average molecular weight is 351 g/mol. The lowest BCUT2D eigenvalue weighted by Gasteiger charge is -2.28. The molecule has 0 bridgehead atoms. The smallest absolute Gasteiger partial charge is 0.295 e. The fraction of sp³-hybridized carbons (Fsp3) is 0.438. The van der Waals surface area contributed by atoms with Gasteiger partial charge in [-0.25, -0.2) is 13.5 Å². The number of ether oxygens (including phenoxy) is 1. The number of halogens is 2. The van der Waals surface area contributed by atoms with Gasteiger partial charge in [-0.3, -0.25) is 4.79 Å². The van der Waals surface area contributed by atoms with Gasteiger partial charge in [-0.05, 0) is 32.4 Å². The van der Waals surface area contributed by atoms with Crippen LogP contribution in [-0.2, 0) is 0 Å². The van der Waals surface area contributed by atoms with Gasteiger partial charge in [-0.2, -0.15) is 4.98 Å². The Bertz CT molecular complexity index is 765. The van der Waals surface area contributed by atoms with E-state index in [4.69, 9.17) is 4.74 Å². The molecular formula is C16H19F2N5O2. The molecule has 1 aromatic heterocycles. The molecule has 0 saturated carbocycles. The van der Waals surface area contributed by atoms with Gasteiger partial charge in [-0.15, -0.1) is 5.10 Å². The Kier molecular flexibility index (Phi) is 4.82. The summed E-state index contributed by atoms with van der Waals surface area (Å²) in [5.41, 5.74) is 0.467. The molecule has 25 heavy (non-hydrogen) atoms. The van der Waals surface area contributed by atoms with Crippen LogP contribution < -0.4 is 15.4 Å². The van der Waals surface area contributed by atoms with Crippen molar-refractivity contribution in [2.75, 3.05) is 17.2 Å². The number of hydrogen-bond acceptors (Lipinski definition) is 5. The van der Waals surface area contributed by atoms with E-state index in [1.54, 1.807) is 31.2 Å². The van der Waals surface area contributed by atoms with E-state index in [0.717, 1.165) is 4.68 Å². The number of nitrogens with one attached hydrogen (secondary N) is 2. The minimum atomic E-state index is -2.58. The summed E-state index contributed by atoms with van der Waals surface area (Å²) in [6, 6.07) is 5.66. The van der Waals surface area contributed by atoms with Gasteiger partial charge in [0.2, 0.25) is 11.8 Å². The maximum absolute atomic E-state index is 13.2. The van der Waals surface area contributed by atoms with E-state index in [2.05, 4.69) is 20.7 Å². The third-order valence-corrected chi connectivity index (χ3v) is 3.85. The molecule has 0 radical (unpaired) electrons. The number of carbonyl (C=O) groups is 1. The summed E-state index contributed by atoms with van der Waals surface area (Å²) in [6.07, 6.45) is -2.37. The van der Waals surface area contributed by atoms with Crippen LogP contribution in [0.5, 0.6) is 5.75 Å². The zero-order valence-corrected chi connectivity index (χ0v) is 13.9. The van der Waals surface area contributed by atoms with Crippen molar-refractivity contribution in [1.29, 1.82) is 0 Å². The highest BCUT2D eigenvalue weighted by Gasteiger charge is 2.34. The van der Waals surface area contributed by atoms with Crippen LogP contribution >= 0.6 is 0 Å². The molecule has 0 saturated heterocycles. The highest BCUT2D eigenvalue weighted by atomic mass is 19.3. The second-order valence-electron chi connectivity index (χ2n) is 5.77. The second kappa shape index (κ2) is 7.04. The topological polar surface area (TPSA) is 81.1 Å². The maximum atomic E-state index is 13.2. The van der Waals surface area contributed by atoms with Crippen molar-refractivity contribution in [2.45, 2.75) is 38.8 Å². The van der Waals surface area contributed by atoms with Crippen LogP contribution in [0.2, 0.25) is 0 Å². The van der Waals surface area contributed by atoms with Crippen LogP contribution in [0.25, 0.3) is 0 Å². The fourth-order valence-corrected chi connectivity index (χ4v) is 2.73. The van der Waals surface area contributed by atoms with E-state index < -0.39 is 18.4 Å². The Balaban J connectivity index is 1.84. The number of nitrogens with zero attached hydrogens (tertiary/aromatic N) is 3. The average Bonchev–Trinajstić information content (AvgIpc) is 2.99. The Morgan fingerprint density at radius 3 is 2.96 bits per heavy atom. The summed E-state index contributed by atoms with van der Waals surface area (Å²) in [6.45, 7) is 4.06. The first-order chi connectivity index (χ1) is 12.0. The third-order valence-electron chi connectivity index (χ3n) is 3.85. The predicted octanol–water partition coefficient (Wildman–Crippen LogP) is 2.94. The maximum Gasteiger partial charge on any atom is 0.295 e. The molecule has 2 N–H and O–H groups in total. The summed E-state index contributed by atoms with van der Waals surface area (Å²) in [7, 11) is 0. The fourth-order valence-electron chi connectivity index (χ4n) is 2.73. The molecule has 1 aliphatic rings. The molecule has 2 heterocycles. The largest absolute Gasteiger partial charge is 0.492 e. The van der Waals surface area contributed by atoms with Crippen LogP contribution in [0.3, 0.4) is 0 Å². The molecule has 2 aromatic rings. The van der Waals surface area contributed by atoms with Crippen LogP contribution in [0.4, 0.5) is 20.4 Å². The normalized spacial score (nSPS) is 19.2. The molecule has 3 rings (SSSR count). The van der Waals surface area contributed by atoms with Crippen LogP contribution in [0.1, 0.15) is 36.9 Å². The first kappa shape index (κ1) is 17.1. The lowest BCUT2D eigenvalue weighted by atomic mass is 10.1. The molecule has 9 heteroatoms. The number of aromatic nitrogens is 3. The lowest BCUT2D eigenvalue weighted by Crippen LogP contribution is -2.33. The summed E-state index contributed by atoms with van der Waals surface area (Å²) in [5.74, 6) is -0.0723. The Labute approximate surface area is 143 Å². The van der Waals surface area contributed by atoms with Gasteiger partial charge < -0.3 is 15.4 Å². The van der Waals surface area contributed by atoms with Crippen LogP contribution in [0, 0.1) is 0 Å². The lowest BCUT2D eigenvalue weighted by molar-refractivity contribution is 0.0662. The molecule has 2 unspecified atom stereocenters. The van der Waals surface area contributed by atoms with E-state index in [9.17, 15) is 13.6 Å². The van der Waals surface area contributed by atoms with Gasteiger partial charge in [0.15, 0.2) is 0 Å². The van der Waals surface area contributed by atoms with Crippen molar-refractivity contribution < 1.29 is 18.3 Å². The molecule has 0 fully saturated rings. The Morgan fingerprint density at radius 1 is 1.48 bits per heavy atom. The standard InChI is InChI=1S/C16H19F2N5O2/c1-3-25-12-7-5-4-6-10(12)20-15(24)14-21-16-19-9(2)8-11(13(17)18)23(16)22-14/h4-7,9,11,13H,3,8H2,1-2H3,(H,20,24)(H,19,21,22). The molecule has 1 amide bonds. The molecule has 2 atom stereocenters. The number of carbonyl (C=O) groups excluding carboxylic acids is 1. The highest BCUT2D eigenvalue weighted by molar-refractivity contribution is 6.02. The summed E-state index contributed by atoms with van der Waals surface area (Å²) < 4.78 is 33.0. The zero-order valence-electron chi connectivity index (χ0n) is 13.9. The number of fused-ring (bicyclic) bond motifs is 1. The SMILES string of the molecule is CCOc1ccccc1NC(=O)c1nc2n(n1)C(C(F)F)CC(C)N2. The van der Waals surface area contributed by atoms with Crippen molar-refractivity contribution in [3.63, 3.8) is 0 Å². The third kappa shape index (κ3) is 3.54. The van der Waals surface area contributed by atoms with E-state index in [0.29, 0.717) is 18.0 Å². The first-order valence-electron chi connectivity index (χ1n) is 8.04. The molecular weight excluding hydrogens is 332 g/mol. The number of rotatable bonds is 5. The van der Waals surface area contributed by atoms with E-state index in [1.165, 1.54) is 0 Å². The molecule has 134 valence electrons. The van der Waals surface area contributed by atoms with E-state index >= 15 is 0 Å². The molecule has 0 spiro atoms. The van der Waals surface area contributed by atoms with Crippen molar-refractivity contribution in [3.8, 4) is 5.75 Å².